The smallest absolute Gasteiger partial charge is 0.338 e. The highest BCUT2D eigenvalue weighted by Gasteiger charge is 2.70. The number of aromatic carboxylic acids is 3. The van der Waals surface area contributed by atoms with Gasteiger partial charge >= 0.3 is 17.9 Å². The predicted molar refractivity (Wildman–Crippen MR) is 170 cm³/mol. The number of carboxylic acid groups (broad SMARTS) is 3. The van der Waals surface area contributed by atoms with Crippen LogP contribution in [0, 0.1) is 25.7 Å². The molecule has 6 unspecified atom stereocenters. The number of aromatic nitrogens is 1. The minimum absolute atomic E-state index is 0.0439. The highest BCUT2D eigenvalue weighted by molar-refractivity contribution is 6.04. The van der Waals surface area contributed by atoms with Crippen LogP contribution in [0.25, 0.3) is 5.69 Å². The van der Waals surface area contributed by atoms with E-state index in [-0.39, 0.29) is 51.2 Å². The van der Waals surface area contributed by atoms with Crippen LogP contribution in [0.15, 0.2) is 60.2 Å². The zero-order valence-corrected chi connectivity index (χ0v) is 26.1. The van der Waals surface area contributed by atoms with Crippen LogP contribution in [-0.4, -0.2) is 86.5 Å². The Kier molecular flexibility index (Phi) is 6.55. The Hall–Kier alpha value is -4.74. The highest BCUT2D eigenvalue weighted by atomic mass is 16.5. The number of carbonyl (C=O) groups excluding carboxylic acids is 1. The maximum Gasteiger partial charge on any atom is 0.338 e. The first-order valence-corrected chi connectivity index (χ1v) is 16.0. The summed E-state index contributed by atoms with van der Waals surface area (Å²) >= 11 is 0. The predicted octanol–water partition coefficient (Wildman–Crippen LogP) is 4.28. The van der Waals surface area contributed by atoms with Crippen LogP contribution in [0.1, 0.15) is 67.3 Å². The second-order valence-electron chi connectivity index (χ2n) is 13.5. The molecule has 2 bridgehead atoms. The molecule has 4 fully saturated rings. The SMILES string of the molecule is Cc1c(C(=O)O)c(C(=O)O)c(C)n1-c1ccccc1C(=O)O.O=C1CC2OCC=C3CN4CCC56c7ccccc7N1C5C2C3CC46. The standard InChI is InChI=1S/C21H22N2O2.C15H13NO6/c24-18-10-16-19-13-9-17-21(6-7-22(17)11-12(13)5-8-25-16)14-3-1-2-4-15(14)23(18)20(19)21;1-7-11(14(19)20)12(15(21)22)8(2)16(7)10-6-4-3-5-9(10)13(17)18/h1-5,13,16-17,19-20H,6-11H2;3-6H,1-2H3,(H,17,18)(H,19,20)(H,21,22). The number of carbonyl (C=O) groups is 4. The first-order valence-electron chi connectivity index (χ1n) is 16.0. The number of benzene rings is 2. The molecule has 1 spiro atoms. The molecule has 6 atom stereocenters. The number of hydrogen-bond acceptors (Lipinski definition) is 6. The molecule has 5 aliphatic heterocycles. The highest BCUT2D eigenvalue weighted by Crippen LogP contribution is 2.65. The molecule has 2 aromatic carbocycles. The summed E-state index contributed by atoms with van der Waals surface area (Å²) in [5.74, 6) is -2.58. The number of hydrogen-bond donors (Lipinski definition) is 3. The molecule has 9 rings (SSSR count). The Labute approximate surface area is 270 Å². The van der Waals surface area contributed by atoms with Gasteiger partial charge in [0, 0.05) is 41.0 Å². The Morgan fingerprint density at radius 2 is 1.55 bits per heavy atom. The van der Waals surface area contributed by atoms with Gasteiger partial charge in [0.25, 0.3) is 0 Å². The first kappa shape index (κ1) is 29.6. The average Bonchev–Trinajstić information content (AvgIpc) is 3.62. The van der Waals surface area contributed by atoms with Gasteiger partial charge in [-0.15, -0.1) is 0 Å². The van der Waals surface area contributed by atoms with E-state index in [1.165, 1.54) is 67.3 Å². The molecule has 1 aromatic heterocycles. The minimum atomic E-state index is -1.37. The molecule has 11 heteroatoms. The van der Waals surface area contributed by atoms with Crippen LogP contribution in [0.4, 0.5) is 5.69 Å². The number of rotatable bonds is 4. The van der Waals surface area contributed by atoms with E-state index in [1.807, 2.05) is 0 Å². The molecular formula is C36H35N3O8. The van der Waals surface area contributed by atoms with Gasteiger partial charge in [0.15, 0.2) is 0 Å². The molecule has 3 saturated heterocycles. The van der Waals surface area contributed by atoms with E-state index in [1.54, 1.807) is 11.6 Å². The van der Waals surface area contributed by atoms with Crippen molar-refractivity contribution in [1.82, 2.24) is 9.47 Å². The third-order valence-corrected chi connectivity index (χ3v) is 11.7. The van der Waals surface area contributed by atoms with E-state index < -0.39 is 17.9 Å². The number of carboxylic acids is 3. The fourth-order valence-electron chi connectivity index (χ4n) is 10.1. The summed E-state index contributed by atoms with van der Waals surface area (Å²) in [7, 11) is 0. The van der Waals surface area contributed by atoms with Crippen LogP contribution in [0.5, 0.6) is 0 Å². The van der Waals surface area contributed by atoms with Gasteiger partial charge in [-0.3, -0.25) is 9.69 Å². The number of fused-ring (bicyclic) bond motifs is 2. The molecule has 47 heavy (non-hydrogen) atoms. The van der Waals surface area contributed by atoms with Gasteiger partial charge in [0.1, 0.15) is 0 Å². The van der Waals surface area contributed by atoms with Crippen molar-refractivity contribution < 1.29 is 39.2 Å². The second-order valence-corrected chi connectivity index (χ2v) is 13.5. The molecule has 3 N–H and O–H groups in total. The summed E-state index contributed by atoms with van der Waals surface area (Å²) in [5, 5.41) is 27.8. The lowest BCUT2D eigenvalue weighted by atomic mass is 9.53. The van der Waals surface area contributed by atoms with E-state index in [0.29, 0.717) is 36.9 Å². The lowest BCUT2D eigenvalue weighted by Gasteiger charge is -2.58. The van der Waals surface area contributed by atoms with Crippen molar-refractivity contribution in [3.8, 4) is 5.69 Å². The zero-order valence-electron chi connectivity index (χ0n) is 26.1. The second kappa shape index (κ2) is 10.4. The molecule has 3 aromatic rings. The summed E-state index contributed by atoms with van der Waals surface area (Å²) < 4.78 is 7.59. The summed E-state index contributed by atoms with van der Waals surface area (Å²) in [5.41, 5.74) is 4.17. The molecule has 1 saturated carbocycles. The van der Waals surface area contributed by atoms with Gasteiger partial charge < -0.3 is 29.5 Å². The largest absolute Gasteiger partial charge is 0.478 e. The topological polar surface area (TPSA) is 150 Å². The van der Waals surface area contributed by atoms with E-state index in [4.69, 9.17) is 4.74 Å². The normalized spacial score (nSPS) is 29.3. The van der Waals surface area contributed by atoms with Crippen LogP contribution < -0.4 is 4.90 Å². The summed E-state index contributed by atoms with van der Waals surface area (Å²) in [4.78, 5) is 52.2. The lowest BCUT2D eigenvalue weighted by Crippen LogP contribution is -2.69. The van der Waals surface area contributed by atoms with Crippen LogP contribution in [-0.2, 0) is 14.9 Å². The zero-order chi connectivity index (χ0) is 32.9. The fourth-order valence-corrected chi connectivity index (χ4v) is 10.1. The Morgan fingerprint density at radius 1 is 0.894 bits per heavy atom. The Bertz CT molecular complexity index is 1890. The average molecular weight is 638 g/mol. The van der Waals surface area contributed by atoms with Crippen LogP contribution in [0.3, 0.4) is 0 Å². The van der Waals surface area contributed by atoms with Gasteiger partial charge in [0.2, 0.25) is 5.91 Å². The molecule has 0 radical (unpaired) electrons. The number of amides is 1. The van der Waals surface area contributed by atoms with E-state index >= 15 is 0 Å². The summed E-state index contributed by atoms with van der Waals surface area (Å²) in [6, 6.07) is 15.7. The quantitative estimate of drug-likeness (QED) is 0.356. The fraction of sp³-hybridized carbons (Fsp3) is 0.389. The van der Waals surface area contributed by atoms with Crippen molar-refractivity contribution in [2.45, 2.75) is 56.7 Å². The van der Waals surface area contributed by atoms with Crippen molar-refractivity contribution in [2.75, 3.05) is 24.6 Å². The summed E-state index contributed by atoms with van der Waals surface area (Å²) in [6.07, 6.45) is 5.43. The van der Waals surface area contributed by atoms with Crippen molar-refractivity contribution in [3.05, 3.63) is 93.8 Å². The number of nitrogens with zero attached hydrogens (tertiary/aromatic N) is 3. The molecule has 1 aliphatic carbocycles. The van der Waals surface area contributed by atoms with E-state index in [9.17, 15) is 34.5 Å². The Balaban J connectivity index is 0.000000140. The van der Waals surface area contributed by atoms with Gasteiger partial charge in [-0.1, -0.05) is 42.0 Å². The minimum Gasteiger partial charge on any atom is -0.478 e. The van der Waals surface area contributed by atoms with Gasteiger partial charge in [-0.05, 0) is 62.9 Å². The molecule has 242 valence electrons. The number of para-hydroxylation sites is 2. The molecule has 1 amide bonds. The number of anilines is 1. The first-order chi connectivity index (χ1) is 22.6. The third-order valence-electron chi connectivity index (χ3n) is 11.7. The third kappa shape index (κ3) is 3.93. The van der Waals surface area contributed by atoms with E-state index in [2.05, 4.69) is 40.1 Å². The maximum absolute atomic E-state index is 13.2. The molecule has 6 heterocycles. The van der Waals surface area contributed by atoms with Crippen LogP contribution >= 0.6 is 0 Å². The van der Waals surface area contributed by atoms with Crippen LogP contribution in [0.2, 0.25) is 0 Å². The Morgan fingerprint density at radius 3 is 2.23 bits per heavy atom. The van der Waals surface area contributed by atoms with Gasteiger partial charge in [-0.25, -0.2) is 14.4 Å². The molecular weight excluding hydrogens is 602 g/mol. The molecule has 11 nitrogen and oxygen atoms in total. The van der Waals surface area contributed by atoms with Gasteiger partial charge in [0.05, 0.1) is 47.6 Å². The summed E-state index contributed by atoms with van der Waals surface area (Å²) in [6.45, 7) is 5.86. The number of piperidine rings is 2. The monoisotopic (exact) mass is 637 g/mol. The van der Waals surface area contributed by atoms with Crippen molar-refractivity contribution in [3.63, 3.8) is 0 Å². The molecule has 6 aliphatic rings. The lowest BCUT2D eigenvalue weighted by molar-refractivity contribution is -0.132. The van der Waals surface area contributed by atoms with Gasteiger partial charge in [-0.2, -0.15) is 0 Å². The van der Waals surface area contributed by atoms with E-state index in [0.717, 1.165) is 6.54 Å². The maximum atomic E-state index is 13.2. The van der Waals surface area contributed by atoms with Crippen molar-refractivity contribution >= 4 is 29.5 Å². The van der Waals surface area contributed by atoms with Crippen molar-refractivity contribution in [1.29, 1.82) is 0 Å². The number of ether oxygens (including phenoxy) is 1. The van der Waals surface area contributed by atoms with Crippen molar-refractivity contribution in [2.24, 2.45) is 11.8 Å².